The lowest BCUT2D eigenvalue weighted by Crippen LogP contribution is -2.16. The number of nitrogens with zero attached hydrogens (tertiary/aromatic N) is 5. The monoisotopic (exact) mass is 717 g/mol. The van der Waals surface area contributed by atoms with E-state index in [4.69, 9.17) is 0 Å². The smallest absolute Gasteiger partial charge is 0.209 e. The van der Waals surface area contributed by atoms with Gasteiger partial charge in [-0.2, -0.15) is 50.9 Å². The van der Waals surface area contributed by atoms with Gasteiger partial charge in [0.2, 0.25) is 17.7 Å². The molecule has 1 aromatic carbocycles. The van der Waals surface area contributed by atoms with Crippen LogP contribution in [0.15, 0.2) is 16.7 Å². The van der Waals surface area contributed by atoms with Crippen LogP contribution in [0.4, 0.5) is 74.6 Å². The lowest BCUT2D eigenvalue weighted by atomic mass is 10.0. The Morgan fingerprint density at radius 3 is 0.878 bits per heavy atom. The molecule has 4 rings (SSSR count). The van der Waals surface area contributed by atoms with E-state index in [1.165, 1.54) is 0 Å². The van der Waals surface area contributed by atoms with Crippen molar-refractivity contribution in [2.24, 2.45) is 0 Å². The van der Waals surface area contributed by atoms with E-state index in [1.807, 2.05) is 9.97 Å². The van der Waals surface area contributed by atoms with E-state index < -0.39 is 138 Å². The highest BCUT2D eigenvalue weighted by Gasteiger charge is 2.48. The predicted molar refractivity (Wildman–Crippen MR) is 122 cm³/mol. The number of hydrogen-bond acceptors (Lipinski definition) is 5. The lowest BCUT2D eigenvalue weighted by molar-refractivity contribution is -0.145. The van der Waals surface area contributed by atoms with Gasteiger partial charge in [0.15, 0.2) is 57.9 Å². The number of pyridine rings is 2. The maximum Gasteiger partial charge on any atom is 0.436 e. The normalized spacial score (nSPS) is 16.1. The Morgan fingerprint density at radius 1 is 0.388 bits per heavy atom. The first-order valence-electron chi connectivity index (χ1n) is 11.8. The first-order chi connectivity index (χ1) is 22.6. The summed E-state index contributed by atoms with van der Waals surface area (Å²) in [7, 11) is 0. The van der Waals surface area contributed by atoms with Gasteiger partial charge in [0.1, 0.15) is 18.2 Å². The van der Waals surface area contributed by atoms with Gasteiger partial charge in [-0.1, -0.05) is 0 Å². The Balaban J connectivity index is 2.38. The fourth-order valence-electron chi connectivity index (χ4n) is 4.32. The molecule has 1 aliphatic carbocycles. The summed E-state index contributed by atoms with van der Waals surface area (Å²) in [5.41, 5.74) is -24.4. The summed E-state index contributed by atoms with van der Waals surface area (Å²) in [6.45, 7) is 0. The second-order valence-corrected chi connectivity index (χ2v) is 9.03. The van der Waals surface area contributed by atoms with Crippen molar-refractivity contribution in [2.45, 2.75) is 12.4 Å². The third-order valence-electron chi connectivity index (χ3n) is 6.35. The number of alkyl halides is 6. The van der Waals surface area contributed by atoms with Crippen LogP contribution in [0.25, 0.3) is 16.7 Å². The molecule has 22 heteroatoms. The zero-order valence-electron chi connectivity index (χ0n) is 22.2. The van der Waals surface area contributed by atoms with Crippen LogP contribution in [0.2, 0.25) is 0 Å². The fraction of sp³-hybridized carbons (Fsp3) is 0.0741. The largest absolute Gasteiger partial charge is 0.436 e. The fourth-order valence-corrected chi connectivity index (χ4v) is 4.32. The second-order valence-electron chi connectivity index (χ2n) is 9.03. The van der Waals surface area contributed by atoms with Crippen LogP contribution in [-0.2, 0) is 12.4 Å². The molecule has 0 aliphatic heterocycles. The van der Waals surface area contributed by atoms with Crippen LogP contribution in [0.1, 0.15) is 28.1 Å². The summed E-state index contributed by atoms with van der Waals surface area (Å²) < 4.78 is 239. The highest BCUT2D eigenvalue weighted by molar-refractivity contribution is 6.12. The molecule has 0 amide bonds. The van der Waals surface area contributed by atoms with Crippen molar-refractivity contribution in [3.05, 3.63) is 109 Å². The zero-order chi connectivity index (χ0) is 37.2. The van der Waals surface area contributed by atoms with Crippen molar-refractivity contribution >= 4 is 16.7 Å². The molecule has 0 N–H and O–H groups in total. The van der Waals surface area contributed by atoms with Crippen molar-refractivity contribution in [3.8, 4) is 18.2 Å². The number of halogens is 17. The number of nitriles is 3. The Kier molecular flexibility index (Phi) is 8.72. The molecule has 0 unspecified atom stereocenters. The lowest BCUT2D eigenvalue weighted by Gasteiger charge is -2.11. The van der Waals surface area contributed by atoms with Crippen LogP contribution < -0.4 is 0 Å². The Labute approximate surface area is 257 Å². The highest BCUT2D eigenvalue weighted by Crippen LogP contribution is 2.57. The summed E-state index contributed by atoms with van der Waals surface area (Å²) in [6.07, 6.45) is -12.0. The van der Waals surface area contributed by atoms with Crippen molar-refractivity contribution in [1.82, 2.24) is 9.97 Å². The van der Waals surface area contributed by atoms with Crippen molar-refractivity contribution in [1.29, 1.82) is 15.8 Å². The summed E-state index contributed by atoms with van der Waals surface area (Å²) in [5.74, 6) is -31.5. The van der Waals surface area contributed by atoms with Gasteiger partial charge in [-0.3, -0.25) is 0 Å². The van der Waals surface area contributed by atoms with E-state index >= 15 is 8.78 Å². The van der Waals surface area contributed by atoms with E-state index in [2.05, 4.69) is 0 Å². The van der Waals surface area contributed by atoms with E-state index in [0.29, 0.717) is 0 Å². The number of hydrogen-bond donors (Lipinski definition) is 0. The third-order valence-corrected chi connectivity index (χ3v) is 6.35. The Hall–Kier alpha value is -5.98. The van der Waals surface area contributed by atoms with Gasteiger partial charge in [-0.25, -0.2) is 49.5 Å². The van der Waals surface area contributed by atoms with Crippen LogP contribution in [0.5, 0.6) is 0 Å². The van der Waals surface area contributed by atoms with E-state index in [1.54, 1.807) is 0 Å². The highest BCUT2D eigenvalue weighted by atomic mass is 19.4. The van der Waals surface area contributed by atoms with Crippen LogP contribution in [0.3, 0.4) is 0 Å². The molecular weight excluding hydrogens is 717 g/mol. The van der Waals surface area contributed by atoms with Crippen molar-refractivity contribution < 1.29 is 74.6 Å². The molecule has 2 aromatic heterocycles. The molecule has 0 spiro atoms. The standard InChI is InChI=1S/C27F17N5/c28-13-10(14(29)20(35)21(36)19(13)34)4(1-45)7-8(5(2-46)11-15(30)22(26(39,40)41)48-24(37)17(11)32)9(7)6(3-47)12-16(31)23(27(42,43)44)49-25(38)18(12)33/b7-4?,8-5-,9-6+. The quantitative estimate of drug-likeness (QED) is 0.0894. The molecule has 5 nitrogen and oxygen atoms in total. The minimum absolute atomic E-state index is 0.727. The maximum absolute atomic E-state index is 15.0. The average molecular weight is 717 g/mol. The van der Waals surface area contributed by atoms with Gasteiger partial charge in [0, 0.05) is 16.7 Å². The van der Waals surface area contributed by atoms with Gasteiger partial charge in [0.25, 0.3) is 0 Å². The summed E-state index contributed by atoms with van der Waals surface area (Å²) in [4.78, 5) is 3.96. The molecule has 1 aliphatic rings. The minimum atomic E-state index is -6.00. The molecule has 49 heavy (non-hydrogen) atoms. The SMILES string of the molecule is N#CC(=C1C(=C(/C#N)c2c(F)c(F)nc(C(F)(F)F)c2F)/C1=C(/C#N)c1c(F)c(F)nc(C(F)(F)F)c1F)c1c(F)c(F)c(F)c(F)c1F. The predicted octanol–water partition coefficient (Wildman–Crippen LogP) is 8.29. The zero-order valence-corrected chi connectivity index (χ0v) is 22.2. The van der Waals surface area contributed by atoms with Crippen molar-refractivity contribution in [2.75, 3.05) is 0 Å². The maximum atomic E-state index is 15.0. The van der Waals surface area contributed by atoms with Gasteiger partial charge < -0.3 is 0 Å². The number of benzene rings is 1. The number of aromatic nitrogens is 2. The summed E-state index contributed by atoms with van der Waals surface area (Å²) >= 11 is 0. The van der Waals surface area contributed by atoms with E-state index in [-0.39, 0.29) is 0 Å². The topological polar surface area (TPSA) is 97.1 Å². The van der Waals surface area contributed by atoms with Crippen LogP contribution in [-0.4, -0.2) is 9.97 Å². The van der Waals surface area contributed by atoms with Gasteiger partial charge in [-0.05, 0) is 0 Å². The molecular formula is C27F17N5. The van der Waals surface area contributed by atoms with Gasteiger partial charge in [-0.15, -0.1) is 0 Å². The number of rotatable bonds is 3. The molecule has 1 fully saturated rings. The molecule has 0 radical (unpaired) electrons. The first kappa shape index (κ1) is 35.9. The molecule has 252 valence electrons. The molecule has 0 atom stereocenters. The van der Waals surface area contributed by atoms with E-state index in [9.17, 15) is 81.6 Å². The Bertz CT molecular complexity index is 2100. The van der Waals surface area contributed by atoms with E-state index in [0.717, 1.165) is 18.2 Å². The molecule has 1 saturated carbocycles. The Morgan fingerprint density at radius 2 is 0.633 bits per heavy atom. The first-order valence-corrected chi connectivity index (χ1v) is 11.8. The summed E-state index contributed by atoms with van der Waals surface area (Å²) in [5, 5.41) is 29.0. The molecule has 0 bridgehead atoms. The van der Waals surface area contributed by atoms with Crippen LogP contribution in [0, 0.1) is 98.2 Å². The molecule has 3 aromatic rings. The minimum Gasteiger partial charge on any atom is -0.209 e. The van der Waals surface area contributed by atoms with Crippen LogP contribution >= 0.6 is 0 Å². The molecule has 2 heterocycles. The summed E-state index contributed by atoms with van der Waals surface area (Å²) in [6, 6.07) is 2.21. The molecule has 0 saturated heterocycles. The number of allylic oxidation sites excluding steroid dienone is 6. The van der Waals surface area contributed by atoms with Gasteiger partial charge >= 0.3 is 12.4 Å². The third kappa shape index (κ3) is 5.56. The second kappa shape index (κ2) is 11.9. The van der Waals surface area contributed by atoms with Gasteiger partial charge in [0.05, 0.1) is 33.4 Å². The van der Waals surface area contributed by atoms with Crippen molar-refractivity contribution in [3.63, 3.8) is 0 Å². The average Bonchev–Trinajstić information content (AvgIpc) is 3.73.